The molecular formula is C21H22N4O4. The summed E-state index contributed by atoms with van der Waals surface area (Å²) in [7, 11) is 0. The molecule has 0 saturated carbocycles. The minimum absolute atomic E-state index is 0.0162. The minimum atomic E-state index is -0.401. The van der Waals surface area contributed by atoms with Crippen LogP contribution < -0.4 is 15.1 Å². The maximum atomic E-state index is 12.6. The van der Waals surface area contributed by atoms with Gasteiger partial charge in [-0.05, 0) is 55.2 Å². The Bertz CT molecular complexity index is 1020. The third-order valence-corrected chi connectivity index (χ3v) is 5.58. The summed E-state index contributed by atoms with van der Waals surface area (Å²) >= 11 is 0. The monoisotopic (exact) mass is 394 g/mol. The SMILES string of the molecule is CC(=O)N1CCc2cc(NC(=O)CN3c4ccc([N+](=O)[O-])cc4C[C@@H]3C)ccc21. The highest BCUT2D eigenvalue weighted by molar-refractivity contribution is 5.97. The number of amides is 2. The van der Waals surface area contributed by atoms with Crippen molar-refractivity contribution in [3.05, 3.63) is 57.6 Å². The highest BCUT2D eigenvalue weighted by Crippen LogP contribution is 2.35. The minimum Gasteiger partial charge on any atom is -0.359 e. The van der Waals surface area contributed by atoms with Crippen molar-refractivity contribution in [3.63, 3.8) is 0 Å². The molecule has 29 heavy (non-hydrogen) atoms. The molecule has 1 atom stereocenters. The van der Waals surface area contributed by atoms with Crippen molar-refractivity contribution in [2.24, 2.45) is 0 Å². The van der Waals surface area contributed by atoms with Gasteiger partial charge in [-0.25, -0.2) is 0 Å². The lowest BCUT2D eigenvalue weighted by atomic mass is 10.1. The second-order valence-electron chi connectivity index (χ2n) is 7.56. The fourth-order valence-corrected chi connectivity index (χ4v) is 4.20. The summed E-state index contributed by atoms with van der Waals surface area (Å²) in [5, 5.41) is 13.9. The maximum Gasteiger partial charge on any atom is 0.269 e. The summed E-state index contributed by atoms with van der Waals surface area (Å²) in [4.78, 5) is 38.6. The van der Waals surface area contributed by atoms with Gasteiger partial charge in [-0.15, -0.1) is 0 Å². The Balaban J connectivity index is 1.46. The summed E-state index contributed by atoms with van der Waals surface area (Å²) in [5.74, 6) is -0.133. The molecule has 8 heteroatoms. The van der Waals surface area contributed by atoms with Crippen molar-refractivity contribution < 1.29 is 14.5 Å². The maximum absolute atomic E-state index is 12.6. The fourth-order valence-electron chi connectivity index (χ4n) is 4.20. The molecule has 0 bridgehead atoms. The standard InChI is InChI=1S/C21H22N4O4/c1-13-9-16-11-18(25(28)29)4-6-20(16)24(13)12-21(27)22-17-3-5-19-15(10-17)7-8-23(19)14(2)26/h3-6,10-11,13H,7-9,12H2,1-2H3,(H,22,27)/t13-/m0/s1. The zero-order valence-electron chi connectivity index (χ0n) is 16.3. The topological polar surface area (TPSA) is 95.8 Å². The van der Waals surface area contributed by atoms with Crippen LogP contribution in [0, 0.1) is 10.1 Å². The molecule has 2 aliphatic rings. The second-order valence-corrected chi connectivity index (χ2v) is 7.56. The molecule has 8 nitrogen and oxygen atoms in total. The van der Waals surface area contributed by atoms with Crippen molar-refractivity contribution in [1.82, 2.24) is 0 Å². The first-order chi connectivity index (χ1) is 13.8. The Morgan fingerprint density at radius 2 is 1.93 bits per heavy atom. The second kappa shape index (κ2) is 7.20. The summed E-state index contributed by atoms with van der Waals surface area (Å²) < 4.78 is 0. The van der Waals surface area contributed by atoms with Crippen molar-refractivity contribution in [1.29, 1.82) is 0 Å². The van der Waals surface area contributed by atoms with Gasteiger partial charge in [0.05, 0.1) is 11.5 Å². The molecule has 0 unspecified atom stereocenters. The molecule has 1 N–H and O–H groups in total. The van der Waals surface area contributed by atoms with Crippen LogP contribution in [-0.2, 0) is 22.4 Å². The van der Waals surface area contributed by atoms with Crippen LogP contribution in [0.25, 0.3) is 0 Å². The van der Waals surface area contributed by atoms with Gasteiger partial charge in [-0.1, -0.05) is 0 Å². The molecular weight excluding hydrogens is 372 g/mol. The van der Waals surface area contributed by atoms with E-state index >= 15 is 0 Å². The van der Waals surface area contributed by atoms with Gasteiger partial charge >= 0.3 is 0 Å². The lowest BCUT2D eigenvalue weighted by molar-refractivity contribution is -0.384. The summed E-state index contributed by atoms with van der Waals surface area (Å²) in [5.41, 5.74) is 4.48. The predicted octanol–water partition coefficient (Wildman–Crippen LogP) is 2.89. The van der Waals surface area contributed by atoms with Crippen molar-refractivity contribution in [3.8, 4) is 0 Å². The fraction of sp³-hybridized carbons (Fsp3) is 0.333. The van der Waals surface area contributed by atoms with Gasteiger partial charge in [0.15, 0.2) is 0 Å². The molecule has 0 aromatic heterocycles. The Morgan fingerprint density at radius 3 is 2.66 bits per heavy atom. The van der Waals surface area contributed by atoms with E-state index in [1.165, 1.54) is 6.07 Å². The number of nitro benzene ring substituents is 1. The van der Waals surface area contributed by atoms with Crippen LogP contribution in [0.4, 0.5) is 22.7 Å². The predicted molar refractivity (Wildman–Crippen MR) is 110 cm³/mol. The Labute approximate surface area is 168 Å². The van der Waals surface area contributed by atoms with Gasteiger partial charge in [-0.3, -0.25) is 19.7 Å². The third kappa shape index (κ3) is 3.53. The van der Waals surface area contributed by atoms with E-state index in [1.807, 2.05) is 30.0 Å². The van der Waals surface area contributed by atoms with Gasteiger partial charge in [0.25, 0.3) is 5.69 Å². The number of hydrogen-bond donors (Lipinski definition) is 1. The first-order valence-electron chi connectivity index (χ1n) is 9.58. The number of hydrogen-bond acceptors (Lipinski definition) is 5. The summed E-state index contributed by atoms with van der Waals surface area (Å²) in [6.45, 7) is 4.39. The zero-order valence-corrected chi connectivity index (χ0v) is 16.3. The molecule has 2 aliphatic heterocycles. The molecule has 4 rings (SSSR count). The highest BCUT2D eigenvalue weighted by atomic mass is 16.6. The molecule has 0 radical (unpaired) electrons. The smallest absolute Gasteiger partial charge is 0.269 e. The quantitative estimate of drug-likeness (QED) is 0.635. The van der Waals surface area contributed by atoms with Gasteiger partial charge in [0.2, 0.25) is 11.8 Å². The van der Waals surface area contributed by atoms with Crippen LogP contribution in [0.5, 0.6) is 0 Å². The van der Waals surface area contributed by atoms with E-state index in [2.05, 4.69) is 5.32 Å². The van der Waals surface area contributed by atoms with Crippen LogP contribution in [0.2, 0.25) is 0 Å². The van der Waals surface area contributed by atoms with Crippen LogP contribution >= 0.6 is 0 Å². The molecule has 0 fully saturated rings. The van der Waals surface area contributed by atoms with E-state index in [1.54, 1.807) is 24.0 Å². The first-order valence-corrected chi connectivity index (χ1v) is 9.58. The molecule has 2 aromatic rings. The molecule has 150 valence electrons. The summed E-state index contributed by atoms with van der Waals surface area (Å²) in [6, 6.07) is 10.5. The van der Waals surface area contributed by atoms with Gasteiger partial charge in [0.1, 0.15) is 0 Å². The van der Waals surface area contributed by atoms with Crippen molar-refractivity contribution in [2.45, 2.75) is 32.7 Å². The normalized spacial score (nSPS) is 17.1. The number of nitrogens with zero attached hydrogens (tertiary/aromatic N) is 3. The van der Waals surface area contributed by atoms with Crippen molar-refractivity contribution >= 4 is 34.6 Å². The van der Waals surface area contributed by atoms with E-state index in [0.29, 0.717) is 18.7 Å². The van der Waals surface area contributed by atoms with Gasteiger partial charge < -0.3 is 15.1 Å². The molecule has 0 aliphatic carbocycles. The lowest BCUT2D eigenvalue weighted by Gasteiger charge is -2.24. The number of carbonyl (C=O) groups excluding carboxylic acids is 2. The van der Waals surface area contributed by atoms with E-state index < -0.39 is 4.92 Å². The highest BCUT2D eigenvalue weighted by Gasteiger charge is 2.29. The van der Waals surface area contributed by atoms with E-state index in [4.69, 9.17) is 0 Å². The third-order valence-electron chi connectivity index (χ3n) is 5.58. The number of carbonyl (C=O) groups is 2. The Hall–Kier alpha value is -3.42. The van der Waals surface area contributed by atoms with E-state index in [-0.39, 0.29) is 30.1 Å². The van der Waals surface area contributed by atoms with Crippen molar-refractivity contribution in [2.75, 3.05) is 28.2 Å². The molecule has 2 aromatic carbocycles. The first kappa shape index (κ1) is 18.9. The number of non-ortho nitro benzene ring substituents is 1. The largest absolute Gasteiger partial charge is 0.359 e. The number of rotatable bonds is 4. The number of fused-ring (bicyclic) bond motifs is 2. The number of anilines is 3. The average molecular weight is 394 g/mol. The van der Waals surface area contributed by atoms with E-state index in [0.717, 1.165) is 28.9 Å². The average Bonchev–Trinajstić information content (AvgIpc) is 3.22. The van der Waals surface area contributed by atoms with Crippen LogP contribution in [0.15, 0.2) is 36.4 Å². The summed E-state index contributed by atoms with van der Waals surface area (Å²) in [6.07, 6.45) is 1.44. The Kier molecular flexibility index (Phi) is 4.70. The number of benzene rings is 2. The lowest BCUT2D eigenvalue weighted by Crippen LogP contribution is -2.37. The van der Waals surface area contributed by atoms with Gasteiger partial charge in [-0.2, -0.15) is 0 Å². The van der Waals surface area contributed by atoms with Crippen LogP contribution in [-0.4, -0.2) is 35.9 Å². The van der Waals surface area contributed by atoms with E-state index in [9.17, 15) is 19.7 Å². The van der Waals surface area contributed by atoms with Gasteiger partial charge in [0, 0.05) is 48.7 Å². The van der Waals surface area contributed by atoms with Crippen LogP contribution in [0.3, 0.4) is 0 Å². The molecule has 2 heterocycles. The molecule has 2 amide bonds. The van der Waals surface area contributed by atoms with Crippen LogP contribution in [0.1, 0.15) is 25.0 Å². The zero-order chi connectivity index (χ0) is 20.7. The number of nitro groups is 1. The Morgan fingerprint density at radius 1 is 1.17 bits per heavy atom. The number of nitrogens with one attached hydrogen (secondary N) is 1. The molecule has 0 spiro atoms. The molecule has 0 saturated heterocycles.